The first-order valence-corrected chi connectivity index (χ1v) is 16.9. The Labute approximate surface area is 264 Å². The van der Waals surface area contributed by atoms with Gasteiger partial charge in [0.2, 0.25) is 0 Å². The Hall–Kier alpha value is -2.01. The first kappa shape index (κ1) is 31.6. The number of aliphatic hydroxyl groups excluding tert-OH is 3. The summed E-state index contributed by atoms with van der Waals surface area (Å²) in [6, 6.07) is 4.02. The number of carbonyl (C=O) groups excluding carboxylic acids is 1. The van der Waals surface area contributed by atoms with Crippen molar-refractivity contribution in [2.45, 2.75) is 127 Å². The topological polar surface area (TPSA) is 168 Å². The number of ketones is 1. The summed E-state index contributed by atoms with van der Waals surface area (Å²) in [5.41, 5.74) is -4.75. The normalized spacial score (nSPS) is 54.1. The van der Waals surface area contributed by atoms with E-state index in [-0.39, 0.29) is 47.9 Å². The van der Waals surface area contributed by atoms with Crippen LogP contribution in [0.25, 0.3) is 0 Å². The number of hydrogen-bond donors (Lipinski definition) is 7. The van der Waals surface area contributed by atoms with E-state index in [0.29, 0.717) is 30.4 Å². The van der Waals surface area contributed by atoms with E-state index >= 15 is 0 Å². The van der Waals surface area contributed by atoms with Gasteiger partial charge in [-0.15, -0.1) is 0 Å². The van der Waals surface area contributed by atoms with Crippen LogP contribution in [0.4, 0.5) is 0 Å². The summed E-state index contributed by atoms with van der Waals surface area (Å²) >= 11 is 0. The number of ether oxygens (including phenoxy) is 1. The number of hydrogen-bond acceptors (Lipinski definition) is 9. The molecule has 1 aromatic rings. The number of aliphatic hydroxyl groups is 5. The van der Waals surface area contributed by atoms with E-state index in [9.17, 15) is 40.5 Å². The number of allylic oxidation sites excluding steroid dienone is 1. The summed E-state index contributed by atoms with van der Waals surface area (Å²) in [6.07, 6.45) is 1.48. The number of rotatable bonds is 1. The van der Waals surface area contributed by atoms with Gasteiger partial charge in [0.15, 0.2) is 5.78 Å². The molecule has 1 aliphatic heterocycles. The molecule has 1 saturated heterocycles. The zero-order valence-corrected chi connectivity index (χ0v) is 27.0. The lowest BCUT2D eigenvalue weighted by Gasteiger charge is -2.62. The highest BCUT2D eigenvalue weighted by atomic mass is 16.6. The Kier molecular flexibility index (Phi) is 6.85. The minimum Gasteiger partial charge on any atom is -0.508 e. The van der Waals surface area contributed by atoms with E-state index in [1.807, 2.05) is 20.8 Å². The molecule has 0 aromatic heterocycles. The third kappa shape index (κ3) is 3.85. The average Bonchev–Trinajstić information content (AvgIpc) is 3.27. The van der Waals surface area contributed by atoms with Crippen molar-refractivity contribution in [2.75, 3.05) is 0 Å². The second-order valence-electron chi connectivity index (χ2n) is 16.5. The van der Waals surface area contributed by atoms with Crippen molar-refractivity contribution in [3.05, 3.63) is 35.4 Å². The van der Waals surface area contributed by atoms with Gasteiger partial charge in [-0.3, -0.25) is 4.79 Å². The Morgan fingerprint density at radius 2 is 1.58 bits per heavy atom. The molecule has 1 spiro atoms. The SMILES string of the molecule is C[C@H]1[C@H](C)CCC[C@]2(O[C@H]3C[C@@]4(O)C5=CC(=O)[C@@H]6[C@@H](c7cc(O)cc(O)c7)[C@@H](O)[C@@H](O)C[C@]6(C)[C@H]5CC[C@]4(C)[C@H]3[C@@]2(C)O)[C@H]1O. The predicted molar refractivity (Wildman–Crippen MR) is 164 cm³/mol. The van der Waals surface area contributed by atoms with Crippen LogP contribution >= 0.6 is 0 Å². The molecule has 0 radical (unpaired) electrons. The van der Waals surface area contributed by atoms with E-state index in [0.717, 1.165) is 12.8 Å². The molecule has 5 aliphatic carbocycles. The molecule has 6 aliphatic rings. The van der Waals surface area contributed by atoms with Crippen LogP contribution in [0, 0.1) is 40.4 Å². The highest BCUT2D eigenvalue weighted by Gasteiger charge is 2.79. The number of benzene rings is 1. The molecule has 5 fully saturated rings. The van der Waals surface area contributed by atoms with Crippen LogP contribution in [0.2, 0.25) is 0 Å². The highest BCUT2D eigenvalue weighted by molar-refractivity contribution is 5.96. The molecular weight excluding hydrogens is 576 g/mol. The standard InChI is InChI=1S/C36H50O9/c1-17-7-6-9-36(31(42)18(17)2)34(5,43)30-26(45-36)16-35(44)23-14-24(39)28-27(19-11-20(37)13-21(38)12-19)29(41)25(40)15-32(28,3)22(23)8-10-33(30,35)4/h11-14,17-18,22,25-31,37-38,40-44H,6-10,15-16H2,1-5H3/t17-,18+,22+,25+,26+,27-,28-,29+,30+,31+,32-,33-,34-,35-,36+/m1/s1. The van der Waals surface area contributed by atoms with Crippen molar-refractivity contribution in [3.8, 4) is 11.5 Å². The Bertz CT molecular complexity index is 1420. The summed E-state index contributed by atoms with van der Waals surface area (Å²) in [5, 5.41) is 80.0. The van der Waals surface area contributed by atoms with Gasteiger partial charge in [0.1, 0.15) is 17.1 Å². The monoisotopic (exact) mass is 626 g/mol. The van der Waals surface area contributed by atoms with Gasteiger partial charge in [0.05, 0.1) is 35.6 Å². The molecule has 0 amide bonds. The maximum Gasteiger partial charge on any atom is 0.160 e. The van der Waals surface area contributed by atoms with Crippen molar-refractivity contribution < 1.29 is 45.3 Å². The molecule has 1 aromatic carbocycles. The molecule has 15 atom stereocenters. The molecule has 9 heteroatoms. The Balaban J connectivity index is 1.30. The summed E-state index contributed by atoms with van der Waals surface area (Å²) in [4.78, 5) is 14.3. The van der Waals surface area contributed by atoms with Gasteiger partial charge in [-0.05, 0) is 85.1 Å². The molecule has 4 saturated carbocycles. The number of aromatic hydroxyl groups is 2. The summed E-state index contributed by atoms with van der Waals surface area (Å²) in [5.74, 6) is -2.87. The molecule has 248 valence electrons. The minimum absolute atomic E-state index is 0.0646. The van der Waals surface area contributed by atoms with Crippen LogP contribution < -0.4 is 0 Å². The van der Waals surface area contributed by atoms with E-state index in [2.05, 4.69) is 6.92 Å². The van der Waals surface area contributed by atoms with Crippen LogP contribution in [0.1, 0.15) is 91.0 Å². The maximum absolute atomic E-state index is 14.3. The second kappa shape index (κ2) is 9.77. The van der Waals surface area contributed by atoms with Gasteiger partial charge < -0.3 is 40.5 Å². The zero-order valence-electron chi connectivity index (χ0n) is 27.0. The lowest BCUT2D eigenvalue weighted by atomic mass is 9.43. The van der Waals surface area contributed by atoms with Gasteiger partial charge in [-0.1, -0.05) is 40.5 Å². The van der Waals surface area contributed by atoms with Gasteiger partial charge in [-0.25, -0.2) is 0 Å². The largest absolute Gasteiger partial charge is 0.508 e. The van der Waals surface area contributed by atoms with Crippen LogP contribution in [-0.4, -0.2) is 82.7 Å². The van der Waals surface area contributed by atoms with E-state index < -0.39 is 69.8 Å². The van der Waals surface area contributed by atoms with Crippen molar-refractivity contribution in [3.63, 3.8) is 0 Å². The molecule has 7 N–H and O–H groups in total. The zero-order chi connectivity index (χ0) is 32.6. The first-order valence-electron chi connectivity index (χ1n) is 16.9. The molecule has 45 heavy (non-hydrogen) atoms. The fourth-order valence-corrected chi connectivity index (χ4v) is 12.0. The fourth-order valence-electron chi connectivity index (χ4n) is 12.0. The number of carbonyl (C=O) groups is 1. The van der Waals surface area contributed by atoms with Crippen LogP contribution in [0.15, 0.2) is 29.8 Å². The number of phenolic OH excluding ortho intramolecular Hbond substituents is 2. The van der Waals surface area contributed by atoms with Crippen molar-refractivity contribution in [2.24, 2.45) is 40.4 Å². The lowest BCUT2D eigenvalue weighted by Crippen LogP contribution is -2.66. The van der Waals surface area contributed by atoms with Crippen molar-refractivity contribution >= 4 is 5.78 Å². The molecule has 7 rings (SSSR count). The van der Waals surface area contributed by atoms with Gasteiger partial charge in [0, 0.05) is 35.7 Å². The minimum atomic E-state index is -1.46. The summed E-state index contributed by atoms with van der Waals surface area (Å²) < 4.78 is 6.84. The van der Waals surface area contributed by atoms with Crippen LogP contribution in [0.3, 0.4) is 0 Å². The molecule has 9 nitrogen and oxygen atoms in total. The smallest absolute Gasteiger partial charge is 0.160 e. The summed E-state index contributed by atoms with van der Waals surface area (Å²) in [7, 11) is 0. The third-order valence-corrected chi connectivity index (χ3v) is 14.4. The molecular formula is C36H50O9. The predicted octanol–water partition coefficient (Wildman–Crippen LogP) is 3.31. The fraction of sp³-hybridized carbons (Fsp3) is 0.750. The van der Waals surface area contributed by atoms with Gasteiger partial charge >= 0.3 is 0 Å². The molecule has 1 heterocycles. The second-order valence-corrected chi connectivity index (χ2v) is 16.5. The van der Waals surface area contributed by atoms with E-state index in [4.69, 9.17) is 4.74 Å². The average molecular weight is 627 g/mol. The van der Waals surface area contributed by atoms with Crippen LogP contribution in [-0.2, 0) is 9.53 Å². The summed E-state index contributed by atoms with van der Waals surface area (Å²) in [6.45, 7) is 9.88. The Morgan fingerprint density at radius 3 is 2.24 bits per heavy atom. The third-order valence-electron chi connectivity index (χ3n) is 14.4. The first-order chi connectivity index (χ1) is 20.9. The lowest BCUT2D eigenvalue weighted by molar-refractivity contribution is -0.223. The molecule has 0 bridgehead atoms. The quantitative estimate of drug-likeness (QED) is 0.247. The van der Waals surface area contributed by atoms with Gasteiger partial charge in [-0.2, -0.15) is 0 Å². The van der Waals surface area contributed by atoms with E-state index in [1.165, 1.54) is 18.2 Å². The van der Waals surface area contributed by atoms with Gasteiger partial charge in [0.25, 0.3) is 0 Å². The number of fused-ring (bicyclic) bond motifs is 7. The van der Waals surface area contributed by atoms with Crippen LogP contribution in [0.5, 0.6) is 11.5 Å². The van der Waals surface area contributed by atoms with Crippen molar-refractivity contribution in [1.82, 2.24) is 0 Å². The highest BCUT2D eigenvalue weighted by Crippen LogP contribution is 2.73. The number of phenols is 2. The van der Waals surface area contributed by atoms with E-state index in [1.54, 1.807) is 13.0 Å². The molecule has 0 unspecified atom stereocenters. The maximum atomic E-state index is 14.3. The van der Waals surface area contributed by atoms with Crippen molar-refractivity contribution in [1.29, 1.82) is 0 Å². The Morgan fingerprint density at radius 1 is 0.911 bits per heavy atom.